The highest BCUT2D eigenvalue weighted by Crippen LogP contribution is 2.16. The molecular formula is C18H24N4O. The maximum absolute atomic E-state index is 12.3. The first-order valence-corrected chi connectivity index (χ1v) is 7.90. The number of nitriles is 1. The van der Waals surface area contributed by atoms with Crippen LogP contribution in [0.5, 0.6) is 0 Å². The fraction of sp³-hybridized carbons (Fsp3) is 0.444. The van der Waals surface area contributed by atoms with Crippen LogP contribution in [0.15, 0.2) is 36.0 Å². The number of hydrogen-bond donors (Lipinski definition) is 1. The summed E-state index contributed by atoms with van der Waals surface area (Å²) in [5.41, 5.74) is 1.90. The summed E-state index contributed by atoms with van der Waals surface area (Å²) in [6.07, 6.45) is 3.75. The van der Waals surface area contributed by atoms with Crippen LogP contribution >= 0.6 is 0 Å². The molecule has 2 rings (SSSR count). The molecule has 1 aliphatic heterocycles. The lowest BCUT2D eigenvalue weighted by Gasteiger charge is -2.34. The number of carbonyl (C=O) groups excluding carboxylic acids is 1. The Morgan fingerprint density at radius 2 is 2.13 bits per heavy atom. The zero-order chi connectivity index (χ0) is 16.8. The topological polar surface area (TPSA) is 59.4 Å². The molecule has 0 aromatic heterocycles. The molecule has 1 fully saturated rings. The van der Waals surface area contributed by atoms with Gasteiger partial charge in [0, 0.05) is 25.0 Å². The summed E-state index contributed by atoms with van der Waals surface area (Å²) >= 11 is 0. The standard InChI is InChI=1S/C18H24N4O/c1-14-5-4-6-16(11-14)20-18(23)15(12-19)13-22(3)17-7-9-21(2)10-8-17/h4-6,11,13,17H,7-10H2,1-3H3,(H,20,23)/b15-13-. The summed E-state index contributed by atoms with van der Waals surface area (Å²) in [5, 5.41) is 12.1. The van der Waals surface area contributed by atoms with E-state index in [4.69, 9.17) is 0 Å². The quantitative estimate of drug-likeness (QED) is 0.685. The molecule has 1 amide bonds. The number of carbonyl (C=O) groups is 1. The van der Waals surface area contributed by atoms with E-state index >= 15 is 0 Å². The Bertz CT molecular complexity index is 624. The number of nitrogens with zero attached hydrogens (tertiary/aromatic N) is 3. The molecule has 0 saturated carbocycles. The first-order chi connectivity index (χ1) is 11.0. The fourth-order valence-corrected chi connectivity index (χ4v) is 2.77. The second-order valence-electron chi connectivity index (χ2n) is 6.18. The molecule has 0 unspecified atom stereocenters. The number of hydrogen-bond acceptors (Lipinski definition) is 4. The van der Waals surface area contributed by atoms with Gasteiger partial charge in [0.05, 0.1) is 0 Å². The molecule has 1 saturated heterocycles. The second-order valence-corrected chi connectivity index (χ2v) is 6.18. The van der Waals surface area contributed by atoms with Gasteiger partial charge in [0.1, 0.15) is 11.6 Å². The SMILES string of the molecule is Cc1cccc(NC(=O)/C(C#N)=C\N(C)C2CCN(C)CC2)c1. The maximum atomic E-state index is 12.3. The van der Waals surface area contributed by atoms with Crippen molar-refractivity contribution in [3.8, 4) is 6.07 Å². The van der Waals surface area contributed by atoms with Gasteiger partial charge in [0.25, 0.3) is 5.91 Å². The van der Waals surface area contributed by atoms with Crippen molar-refractivity contribution in [1.82, 2.24) is 9.80 Å². The van der Waals surface area contributed by atoms with Crippen LogP contribution in [0.1, 0.15) is 18.4 Å². The Balaban J connectivity index is 2.03. The molecule has 23 heavy (non-hydrogen) atoms. The minimum atomic E-state index is -0.363. The van der Waals surface area contributed by atoms with Gasteiger partial charge >= 0.3 is 0 Å². The van der Waals surface area contributed by atoms with Crippen molar-refractivity contribution in [2.75, 3.05) is 32.5 Å². The molecule has 1 N–H and O–H groups in total. The molecule has 1 aromatic carbocycles. The van der Waals surface area contributed by atoms with Crippen LogP contribution in [0.2, 0.25) is 0 Å². The second kappa shape index (κ2) is 7.80. The third kappa shape index (κ3) is 4.83. The number of aryl methyl sites for hydroxylation is 1. The predicted molar refractivity (Wildman–Crippen MR) is 91.8 cm³/mol. The van der Waals surface area contributed by atoms with Crippen LogP contribution in [-0.2, 0) is 4.79 Å². The Hall–Kier alpha value is -2.32. The van der Waals surface area contributed by atoms with Gasteiger partial charge in [-0.3, -0.25) is 4.79 Å². The van der Waals surface area contributed by atoms with Gasteiger partial charge in [-0.25, -0.2) is 0 Å². The Morgan fingerprint density at radius 1 is 1.43 bits per heavy atom. The summed E-state index contributed by atoms with van der Waals surface area (Å²) in [6.45, 7) is 4.05. The molecule has 1 heterocycles. The molecule has 5 nitrogen and oxygen atoms in total. The number of rotatable bonds is 4. The van der Waals surface area contributed by atoms with Crippen LogP contribution < -0.4 is 5.32 Å². The summed E-state index contributed by atoms with van der Waals surface area (Å²) in [5.74, 6) is -0.363. The molecule has 5 heteroatoms. The van der Waals surface area contributed by atoms with E-state index in [0.29, 0.717) is 11.7 Å². The van der Waals surface area contributed by atoms with Gasteiger partial charge in [-0.05, 0) is 57.6 Å². The molecule has 0 bridgehead atoms. The summed E-state index contributed by atoms with van der Waals surface area (Å²) in [7, 11) is 4.05. The highest BCUT2D eigenvalue weighted by atomic mass is 16.1. The van der Waals surface area contributed by atoms with E-state index in [9.17, 15) is 10.1 Å². The zero-order valence-corrected chi connectivity index (χ0v) is 14.0. The highest BCUT2D eigenvalue weighted by Gasteiger charge is 2.20. The lowest BCUT2D eigenvalue weighted by molar-refractivity contribution is -0.112. The first-order valence-electron chi connectivity index (χ1n) is 7.90. The van der Waals surface area contributed by atoms with E-state index in [0.717, 1.165) is 31.5 Å². The Morgan fingerprint density at radius 3 is 2.74 bits per heavy atom. The van der Waals surface area contributed by atoms with Crippen molar-refractivity contribution in [3.05, 3.63) is 41.6 Å². The van der Waals surface area contributed by atoms with Crippen molar-refractivity contribution in [2.24, 2.45) is 0 Å². The van der Waals surface area contributed by atoms with Crippen LogP contribution in [0, 0.1) is 18.3 Å². The average Bonchev–Trinajstić information content (AvgIpc) is 2.53. The summed E-state index contributed by atoms with van der Waals surface area (Å²) < 4.78 is 0. The smallest absolute Gasteiger partial charge is 0.267 e. The van der Waals surface area contributed by atoms with Gasteiger partial charge in [0.15, 0.2) is 0 Å². The van der Waals surface area contributed by atoms with Crippen molar-refractivity contribution in [3.63, 3.8) is 0 Å². The Kier molecular flexibility index (Phi) is 5.78. The molecule has 0 atom stereocenters. The van der Waals surface area contributed by atoms with Crippen molar-refractivity contribution < 1.29 is 4.79 Å². The van der Waals surface area contributed by atoms with Gasteiger partial charge in [-0.15, -0.1) is 0 Å². The van der Waals surface area contributed by atoms with Crippen molar-refractivity contribution in [2.45, 2.75) is 25.8 Å². The monoisotopic (exact) mass is 312 g/mol. The van der Waals surface area contributed by atoms with Crippen LogP contribution in [0.4, 0.5) is 5.69 Å². The number of anilines is 1. The van der Waals surface area contributed by atoms with Gasteiger partial charge in [0.2, 0.25) is 0 Å². The molecule has 0 aliphatic carbocycles. The van der Waals surface area contributed by atoms with Crippen LogP contribution in [-0.4, -0.2) is 48.9 Å². The molecule has 1 aromatic rings. The molecule has 0 spiro atoms. The van der Waals surface area contributed by atoms with Gasteiger partial charge < -0.3 is 15.1 Å². The molecular weight excluding hydrogens is 288 g/mol. The van der Waals surface area contributed by atoms with Gasteiger partial charge in [-0.2, -0.15) is 5.26 Å². The van der Waals surface area contributed by atoms with E-state index < -0.39 is 0 Å². The normalized spacial score (nSPS) is 16.7. The van der Waals surface area contributed by atoms with E-state index in [1.807, 2.05) is 49.2 Å². The van der Waals surface area contributed by atoms with Gasteiger partial charge in [-0.1, -0.05) is 12.1 Å². The Labute approximate surface area is 138 Å². The zero-order valence-electron chi connectivity index (χ0n) is 14.0. The molecule has 0 radical (unpaired) electrons. The first kappa shape index (κ1) is 17.0. The van der Waals surface area contributed by atoms with Crippen molar-refractivity contribution in [1.29, 1.82) is 5.26 Å². The number of likely N-dealkylation sites (tertiary alicyclic amines) is 1. The van der Waals surface area contributed by atoms with E-state index in [1.54, 1.807) is 6.20 Å². The van der Waals surface area contributed by atoms with E-state index in [1.165, 1.54) is 0 Å². The fourth-order valence-electron chi connectivity index (χ4n) is 2.77. The van der Waals surface area contributed by atoms with Crippen LogP contribution in [0.25, 0.3) is 0 Å². The maximum Gasteiger partial charge on any atom is 0.267 e. The predicted octanol–water partition coefficient (Wildman–Crippen LogP) is 2.37. The number of piperidine rings is 1. The highest BCUT2D eigenvalue weighted by molar-refractivity contribution is 6.06. The van der Waals surface area contributed by atoms with E-state index in [2.05, 4.69) is 17.3 Å². The third-order valence-electron chi connectivity index (χ3n) is 4.24. The lowest BCUT2D eigenvalue weighted by atomic mass is 10.0. The molecule has 122 valence electrons. The average molecular weight is 312 g/mol. The summed E-state index contributed by atoms with van der Waals surface area (Å²) in [6, 6.07) is 9.93. The number of nitrogens with one attached hydrogen (secondary N) is 1. The number of amides is 1. The number of benzene rings is 1. The van der Waals surface area contributed by atoms with Crippen LogP contribution in [0.3, 0.4) is 0 Å². The minimum absolute atomic E-state index is 0.132. The minimum Gasteiger partial charge on any atom is -0.376 e. The lowest BCUT2D eigenvalue weighted by Crippen LogP contribution is -2.40. The molecule has 1 aliphatic rings. The third-order valence-corrected chi connectivity index (χ3v) is 4.24. The summed E-state index contributed by atoms with van der Waals surface area (Å²) in [4.78, 5) is 16.6. The van der Waals surface area contributed by atoms with Crippen molar-refractivity contribution >= 4 is 11.6 Å². The largest absolute Gasteiger partial charge is 0.376 e. The van der Waals surface area contributed by atoms with E-state index in [-0.39, 0.29) is 11.5 Å².